The third-order valence-corrected chi connectivity index (χ3v) is 3.89. The minimum Gasteiger partial charge on any atom is -0.389 e. The van der Waals surface area contributed by atoms with E-state index in [9.17, 15) is 0 Å². The number of nitrogens with two attached hydrogens (primary N) is 1. The molecule has 2 unspecified atom stereocenters. The number of rotatable bonds is 3. The number of nitrogens with zero attached hydrogens (tertiary/aromatic N) is 1. The minimum atomic E-state index is 0.426. The summed E-state index contributed by atoms with van der Waals surface area (Å²) in [5, 5.41) is 3.51. The number of anilines is 1. The van der Waals surface area contributed by atoms with Crippen molar-refractivity contribution in [1.29, 1.82) is 0 Å². The summed E-state index contributed by atoms with van der Waals surface area (Å²) in [5.74, 6) is 1.74. The Kier molecular flexibility index (Phi) is 4.53. The van der Waals surface area contributed by atoms with Gasteiger partial charge >= 0.3 is 0 Å². The molecule has 0 radical (unpaired) electrons. The van der Waals surface area contributed by atoms with Gasteiger partial charge in [-0.2, -0.15) is 0 Å². The zero-order valence-corrected chi connectivity index (χ0v) is 11.7. The third-order valence-electron chi connectivity index (χ3n) is 3.65. The van der Waals surface area contributed by atoms with Crippen LogP contribution in [-0.4, -0.2) is 16.0 Å². The first-order valence-electron chi connectivity index (χ1n) is 6.67. The molecule has 1 saturated carbocycles. The Morgan fingerprint density at radius 3 is 3.00 bits per heavy atom. The molecule has 0 amide bonds. The van der Waals surface area contributed by atoms with E-state index in [1.165, 1.54) is 32.1 Å². The van der Waals surface area contributed by atoms with Crippen molar-refractivity contribution >= 4 is 23.0 Å². The molecule has 0 bridgehead atoms. The van der Waals surface area contributed by atoms with Crippen LogP contribution in [0.25, 0.3) is 0 Å². The summed E-state index contributed by atoms with van der Waals surface area (Å²) in [4.78, 5) is 4.77. The first-order chi connectivity index (χ1) is 8.65. The van der Waals surface area contributed by atoms with Crippen molar-refractivity contribution in [2.75, 3.05) is 5.32 Å². The van der Waals surface area contributed by atoms with E-state index in [2.05, 4.69) is 17.2 Å². The van der Waals surface area contributed by atoms with Crippen molar-refractivity contribution in [2.24, 2.45) is 11.7 Å². The van der Waals surface area contributed by atoms with Gasteiger partial charge in [-0.3, -0.25) is 0 Å². The van der Waals surface area contributed by atoms with Gasteiger partial charge in [0.15, 0.2) is 0 Å². The molecule has 1 aliphatic carbocycles. The lowest BCUT2D eigenvalue weighted by Gasteiger charge is -2.17. The molecule has 4 heteroatoms. The van der Waals surface area contributed by atoms with Gasteiger partial charge in [-0.1, -0.05) is 32.0 Å². The molecule has 1 aliphatic rings. The molecular formula is C14H21N3S. The van der Waals surface area contributed by atoms with E-state index in [4.69, 9.17) is 18.0 Å². The highest BCUT2D eigenvalue weighted by atomic mass is 32.1. The largest absolute Gasteiger partial charge is 0.389 e. The SMILES string of the molecule is CC1CCCC(Nc2cc(C(N)=S)ccn2)CC1. The van der Waals surface area contributed by atoms with Gasteiger partial charge in [0.25, 0.3) is 0 Å². The molecule has 98 valence electrons. The highest BCUT2D eigenvalue weighted by Crippen LogP contribution is 2.24. The monoisotopic (exact) mass is 263 g/mol. The Balaban J connectivity index is 2.00. The summed E-state index contributed by atoms with van der Waals surface area (Å²) in [7, 11) is 0. The van der Waals surface area contributed by atoms with Crippen LogP contribution in [-0.2, 0) is 0 Å². The standard InChI is InChI=1S/C14H21N3S/c1-10-3-2-4-12(6-5-10)17-13-9-11(14(15)18)7-8-16-13/h7-10,12H,2-6H2,1H3,(H2,15,18)(H,16,17). The van der Waals surface area contributed by atoms with E-state index in [1.807, 2.05) is 12.1 Å². The van der Waals surface area contributed by atoms with Crippen molar-refractivity contribution in [3.05, 3.63) is 23.9 Å². The summed E-state index contributed by atoms with van der Waals surface area (Å²) in [6, 6.07) is 4.32. The van der Waals surface area contributed by atoms with Gasteiger partial charge in [0.05, 0.1) is 0 Å². The first kappa shape index (κ1) is 13.3. The van der Waals surface area contributed by atoms with Crippen LogP contribution in [0.4, 0.5) is 5.82 Å². The van der Waals surface area contributed by atoms with E-state index >= 15 is 0 Å². The molecule has 1 aromatic heterocycles. The van der Waals surface area contributed by atoms with Crippen molar-refractivity contribution < 1.29 is 0 Å². The molecule has 0 aromatic carbocycles. The second-order valence-electron chi connectivity index (χ2n) is 5.25. The Bertz CT molecular complexity index is 419. The summed E-state index contributed by atoms with van der Waals surface area (Å²) < 4.78 is 0. The Labute approximate surface area is 114 Å². The zero-order chi connectivity index (χ0) is 13.0. The molecule has 1 heterocycles. The Morgan fingerprint density at radius 1 is 1.39 bits per heavy atom. The smallest absolute Gasteiger partial charge is 0.126 e. The van der Waals surface area contributed by atoms with Crippen molar-refractivity contribution in [1.82, 2.24) is 4.98 Å². The topological polar surface area (TPSA) is 50.9 Å². The van der Waals surface area contributed by atoms with Gasteiger partial charge in [0.1, 0.15) is 10.8 Å². The number of nitrogens with one attached hydrogen (secondary N) is 1. The van der Waals surface area contributed by atoms with Gasteiger partial charge in [-0.25, -0.2) is 4.98 Å². The van der Waals surface area contributed by atoms with Gasteiger partial charge in [-0.05, 0) is 37.3 Å². The normalized spacial score (nSPS) is 24.3. The van der Waals surface area contributed by atoms with Crippen LogP contribution in [0.2, 0.25) is 0 Å². The zero-order valence-electron chi connectivity index (χ0n) is 10.9. The van der Waals surface area contributed by atoms with Gasteiger partial charge in [0, 0.05) is 17.8 Å². The molecule has 2 atom stereocenters. The van der Waals surface area contributed by atoms with E-state index in [-0.39, 0.29) is 0 Å². The number of pyridine rings is 1. The Morgan fingerprint density at radius 2 is 2.22 bits per heavy atom. The number of hydrogen-bond acceptors (Lipinski definition) is 3. The molecule has 2 rings (SSSR count). The van der Waals surface area contributed by atoms with Crippen molar-refractivity contribution in [3.63, 3.8) is 0 Å². The van der Waals surface area contributed by atoms with Crippen LogP contribution in [0, 0.1) is 5.92 Å². The molecule has 1 aromatic rings. The van der Waals surface area contributed by atoms with Crippen LogP contribution in [0.15, 0.2) is 18.3 Å². The molecule has 0 saturated heterocycles. The first-order valence-corrected chi connectivity index (χ1v) is 7.08. The summed E-state index contributed by atoms with van der Waals surface area (Å²) in [6.07, 6.45) is 8.15. The molecular weight excluding hydrogens is 242 g/mol. The van der Waals surface area contributed by atoms with Gasteiger partial charge in [-0.15, -0.1) is 0 Å². The summed E-state index contributed by atoms with van der Waals surface area (Å²) >= 11 is 4.99. The lowest BCUT2D eigenvalue weighted by Crippen LogP contribution is -2.20. The van der Waals surface area contributed by atoms with Crippen molar-refractivity contribution in [3.8, 4) is 0 Å². The summed E-state index contributed by atoms with van der Waals surface area (Å²) in [6.45, 7) is 2.34. The molecule has 3 N–H and O–H groups in total. The number of aromatic nitrogens is 1. The predicted octanol–water partition coefficient (Wildman–Crippen LogP) is 3.10. The van der Waals surface area contributed by atoms with Crippen LogP contribution < -0.4 is 11.1 Å². The lowest BCUT2D eigenvalue weighted by atomic mass is 10.0. The number of thiocarbonyl (C=S) groups is 1. The molecule has 1 fully saturated rings. The maximum atomic E-state index is 5.63. The molecule has 18 heavy (non-hydrogen) atoms. The third kappa shape index (κ3) is 3.67. The molecule has 3 nitrogen and oxygen atoms in total. The van der Waals surface area contributed by atoms with Crippen molar-refractivity contribution in [2.45, 2.75) is 45.1 Å². The maximum absolute atomic E-state index is 5.63. The fraction of sp³-hybridized carbons (Fsp3) is 0.571. The quantitative estimate of drug-likeness (QED) is 0.650. The average Bonchev–Trinajstić information content (AvgIpc) is 2.55. The van der Waals surface area contributed by atoms with Crippen LogP contribution >= 0.6 is 12.2 Å². The van der Waals surface area contributed by atoms with E-state index in [0.29, 0.717) is 11.0 Å². The van der Waals surface area contributed by atoms with E-state index < -0.39 is 0 Å². The fourth-order valence-electron chi connectivity index (χ4n) is 2.50. The van der Waals surface area contributed by atoms with Crippen LogP contribution in [0.1, 0.15) is 44.6 Å². The number of hydrogen-bond donors (Lipinski definition) is 2. The summed E-state index contributed by atoms with van der Waals surface area (Å²) in [5.41, 5.74) is 6.51. The van der Waals surface area contributed by atoms with Gasteiger partial charge < -0.3 is 11.1 Å². The van der Waals surface area contributed by atoms with Gasteiger partial charge in [0.2, 0.25) is 0 Å². The molecule has 0 aliphatic heterocycles. The molecule has 0 spiro atoms. The highest BCUT2D eigenvalue weighted by molar-refractivity contribution is 7.80. The Hall–Kier alpha value is -1.16. The second kappa shape index (κ2) is 6.14. The van der Waals surface area contributed by atoms with E-state index in [0.717, 1.165) is 17.3 Å². The minimum absolute atomic E-state index is 0.426. The highest BCUT2D eigenvalue weighted by Gasteiger charge is 2.16. The van der Waals surface area contributed by atoms with E-state index in [1.54, 1.807) is 6.20 Å². The lowest BCUT2D eigenvalue weighted by molar-refractivity contribution is 0.502. The van der Waals surface area contributed by atoms with Crippen LogP contribution in [0.5, 0.6) is 0 Å². The fourth-order valence-corrected chi connectivity index (χ4v) is 2.63. The second-order valence-corrected chi connectivity index (χ2v) is 5.69. The maximum Gasteiger partial charge on any atom is 0.126 e. The predicted molar refractivity (Wildman–Crippen MR) is 79.8 cm³/mol. The average molecular weight is 263 g/mol. The van der Waals surface area contributed by atoms with Crippen LogP contribution in [0.3, 0.4) is 0 Å².